The molecule has 0 saturated carbocycles. The standard InChI is InChI=1S/C16H27NOS/c1-4-16(18,5-2)11-17-12(3)15-10-13-8-6-7-9-14(13)19-15/h10,12,17-18H,4-9,11H2,1-3H3. The molecule has 0 fully saturated rings. The van der Waals surface area contributed by atoms with E-state index in [1.807, 2.05) is 11.3 Å². The van der Waals surface area contributed by atoms with Gasteiger partial charge in [0.25, 0.3) is 0 Å². The minimum Gasteiger partial charge on any atom is -0.389 e. The summed E-state index contributed by atoms with van der Waals surface area (Å²) in [6.07, 6.45) is 6.83. The van der Waals surface area contributed by atoms with Crippen LogP contribution in [0.3, 0.4) is 0 Å². The molecule has 3 heteroatoms. The second kappa shape index (κ2) is 6.38. The van der Waals surface area contributed by atoms with Gasteiger partial charge in [-0.05, 0) is 57.1 Å². The predicted octanol–water partition coefficient (Wildman–Crippen LogP) is 3.83. The summed E-state index contributed by atoms with van der Waals surface area (Å²) in [7, 11) is 0. The number of nitrogens with one attached hydrogen (secondary N) is 1. The minimum atomic E-state index is -0.550. The predicted molar refractivity (Wildman–Crippen MR) is 82.9 cm³/mol. The smallest absolute Gasteiger partial charge is 0.0766 e. The van der Waals surface area contributed by atoms with E-state index in [1.165, 1.54) is 30.6 Å². The van der Waals surface area contributed by atoms with Crippen molar-refractivity contribution in [2.75, 3.05) is 6.54 Å². The molecule has 2 rings (SSSR count). The lowest BCUT2D eigenvalue weighted by Gasteiger charge is -2.27. The lowest BCUT2D eigenvalue weighted by atomic mass is 9.97. The van der Waals surface area contributed by atoms with E-state index < -0.39 is 5.60 Å². The van der Waals surface area contributed by atoms with Crippen molar-refractivity contribution >= 4 is 11.3 Å². The molecule has 1 aliphatic rings. The maximum atomic E-state index is 10.3. The molecule has 1 aromatic rings. The fourth-order valence-electron chi connectivity index (χ4n) is 2.67. The van der Waals surface area contributed by atoms with E-state index in [1.54, 1.807) is 10.4 Å². The minimum absolute atomic E-state index is 0.347. The normalized spacial score (nSPS) is 17.3. The van der Waals surface area contributed by atoms with Crippen molar-refractivity contribution in [3.05, 3.63) is 21.4 Å². The molecule has 0 amide bonds. The highest BCUT2D eigenvalue weighted by Gasteiger charge is 2.23. The number of fused-ring (bicyclic) bond motifs is 1. The number of hydrogen-bond donors (Lipinski definition) is 2. The van der Waals surface area contributed by atoms with Gasteiger partial charge in [-0.2, -0.15) is 0 Å². The van der Waals surface area contributed by atoms with Gasteiger partial charge in [0, 0.05) is 22.3 Å². The largest absolute Gasteiger partial charge is 0.389 e. The SMILES string of the molecule is CCC(O)(CC)CNC(C)c1cc2c(s1)CCCC2. The van der Waals surface area contributed by atoms with Crippen LogP contribution in [0.1, 0.15) is 67.8 Å². The molecule has 2 N–H and O–H groups in total. The summed E-state index contributed by atoms with van der Waals surface area (Å²) in [5.74, 6) is 0. The first-order valence-electron chi connectivity index (χ1n) is 7.65. The van der Waals surface area contributed by atoms with E-state index in [0.717, 1.165) is 12.8 Å². The molecular weight excluding hydrogens is 254 g/mol. The lowest BCUT2D eigenvalue weighted by Crippen LogP contribution is -2.40. The van der Waals surface area contributed by atoms with E-state index in [2.05, 4.69) is 32.2 Å². The highest BCUT2D eigenvalue weighted by atomic mass is 32.1. The van der Waals surface area contributed by atoms with Gasteiger partial charge in [0.05, 0.1) is 5.60 Å². The van der Waals surface area contributed by atoms with E-state index >= 15 is 0 Å². The van der Waals surface area contributed by atoms with Crippen LogP contribution in [0.25, 0.3) is 0 Å². The second-order valence-corrected chi connectivity index (χ2v) is 7.01. The van der Waals surface area contributed by atoms with Gasteiger partial charge in [-0.25, -0.2) is 0 Å². The molecule has 1 heterocycles. The maximum Gasteiger partial charge on any atom is 0.0766 e. The molecule has 1 aromatic heterocycles. The van der Waals surface area contributed by atoms with Crippen LogP contribution in [-0.4, -0.2) is 17.3 Å². The van der Waals surface area contributed by atoms with Gasteiger partial charge in [-0.3, -0.25) is 0 Å². The van der Waals surface area contributed by atoms with Crippen molar-refractivity contribution in [3.8, 4) is 0 Å². The van der Waals surface area contributed by atoms with Crippen LogP contribution in [0.2, 0.25) is 0 Å². The molecule has 0 saturated heterocycles. The van der Waals surface area contributed by atoms with Crippen LogP contribution in [0.4, 0.5) is 0 Å². The Kier molecular flexibility index (Phi) is 5.04. The molecular formula is C16H27NOS. The summed E-state index contributed by atoms with van der Waals surface area (Å²) in [4.78, 5) is 3.03. The lowest BCUT2D eigenvalue weighted by molar-refractivity contribution is 0.0304. The fourth-order valence-corrected chi connectivity index (χ4v) is 3.96. The van der Waals surface area contributed by atoms with E-state index in [4.69, 9.17) is 0 Å². The average molecular weight is 281 g/mol. The van der Waals surface area contributed by atoms with Crippen molar-refractivity contribution in [1.82, 2.24) is 5.32 Å². The zero-order chi connectivity index (χ0) is 13.9. The Hall–Kier alpha value is -0.380. The van der Waals surface area contributed by atoms with Crippen LogP contribution >= 0.6 is 11.3 Å². The summed E-state index contributed by atoms with van der Waals surface area (Å²) >= 11 is 1.97. The topological polar surface area (TPSA) is 32.3 Å². The molecule has 1 atom stereocenters. The third-order valence-corrected chi connectivity index (χ3v) is 5.92. The van der Waals surface area contributed by atoms with Crippen LogP contribution < -0.4 is 5.32 Å². The summed E-state index contributed by atoms with van der Waals surface area (Å²) in [5.41, 5.74) is 1.02. The number of thiophene rings is 1. The number of aryl methyl sites for hydroxylation is 2. The zero-order valence-corrected chi connectivity index (χ0v) is 13.3. The Morgan fingerprint density at radius 3 is 2.63 bits per heavy atom. The monoisotopic (exact) mass is 281 g/mol. The van der Waals surface area contributed by atoms with Gasteiger partial charge in [0.2, 0.25) is 0 Å². The Bertz CT molecular complexity index is 385. The third-order valence-electron chi connectivity index (χ3n) is 4.50. The molecule has 0 aliphatic heterocycles. The Morgan fingerprint density at radius 1 is 1.32 bits per heavy atom. The van der Waals surface area contributed by atoms with Crippen LogP contribution in [-0.2, 0) is 12.8 Å². The molecule has 0 aromatic carbocycles. The van der Waals surface area contributed by atoms with E-state index in [0.29, 0.717) is 12.6 Å². The number of rotatable bonds is 6. The van der Waals surface area contributed by atoms with Gasteiger partial charge in [0.15, 0.2) is 0 Å². The second-order valence-electron chi connectivity index (χ2n) is 5.84. The Labute approximate surface area is 121 Å². The molecule has 0 radical (unpaired) electrons. The van der Waals surface area contributed by atoms with Crippen molar-refractivity contribution < 1.29 is 5.11 Å². The highest BCUT2D eigenvalue weighted by molar-refractivity contribution is 7.12. The summed E-state index contributed by atoms with van der Waals surface area (Å²) < 4.78 is 0. The first-order chi connectivity index (χ1) is 9.08. The highest BCUT2D eigenvalue weighted by Crippen LogP contribution is 2.33. The fraction of sp³-hybridized carbons (Fsp3) is 0.750. The Morgan fingerprint density at radius 2 is 2.00 bits per heavy atom. The van der Waals surface area contributed by atoms with Crippen LogP contribution in [0, 0.1) is 0 Å². The Balaban J connectivity index is 1.96. The van der Waals surface area contributed by atoms with Gasteiger partial charge in [-0.1, -0.05) is 13.8 Å². The molecule has 1 aliphatic carbocycles. The van der Waals surface area contributed by atoms with Gasteiger partial charge >= 0.3 is 0 Å². The van der Waals surface area contributed by atoms with Crippen molar-refractivity contribution in [3.63, 3.8) is 0 Å². The molecule has 0 bridgehead atoms. The van der Waals surface area contributed by atoms with E-state index in [-0.39, 0.29) is 0 Å². The summed E-state index contributed by atoms with van der Waals surface area (Å²) in [6, 6.07) is 2.73. The maximum absolute atomic E-state index is 10.3. The van der Waals surface area contributed by atoms with Gasteiger partial charge in [-0.15, -0.1) is 11.3 Å². The molecule has 1 unspecified atom stereocenters. The number of hydrogen-bond acceptors (Lipinski definition) is 3. The zero-order valence-electron chi connectivity index (χ0n) is 12.5. The first-order valence-corrected chi connectivity index (χ1v) is 8.47. The quantitative estimate of drug-likeness (QED) is 0.830. The van der Waals surface area contributed by atoms with Crippen molar-refractivity contribution in [2.24, 2.45) is 0 Å². The van der Waals surface area contributed by atoms with E-state index in [9.17, 15) is 5.11 Å². The average Bonchev–Trinajstić information content (AvgIpc) is 2.88. The van der Waals surface area contributed by atoms with Gasteiger partial charge in [0.1, 0.15) is 0 Å². The van der Waals surface area contributed by atoms with Crippen molar-refractivity contribution in [1.29, 1.82) is 0 Å². The molecule has 19 heavy (non-hydrogen) atoms. The summed E-state index contributed by atoms with van der Waals surface area (Å²) in [5, 5.41) is 13.8. The molecule has 0 spiro atoms. The van der Waals surface area contributed by atoms with Crippen LogP contribution in [0.15, 0.2) is 6.07 Å². The summed E-state index contributed by atoms with van der Waals surface area (Å²) in [6.45, 7) is 7.01. The molecule has 108 valence electrons. The number of aliphatic hydroxyl groups is 1. The molecule has 2 nitrogen and oxygen atoms in total. The van der Waals surface area contributed by atoms with Crippen molar-refractivity contribution in [2.45, 2.75) is 70.9 Å². The third kappa shape index (κ3) is 3.59. The van der Waals surface area contributed by atoms with Gasteiger partial charge < -0.3 is 10.4 Å². The first kappa shape index (κ1) is 15.0. The van der Waals surface area contributed by atoms with Crippen LogP contribution in [0.5, 0.6) is 0 Å².